The lowest BCUT2D eigenvalue weighted by atomic mass is 10.3. The van der Waals surface area contributed by atoms with Crippen molar-refractivity contribution in [2.75, 3.05) is 6.61 Å². The van der Waals surface area contributed by atoms with Gasteiger partial charge < -0.3 is 10.2 Å². The Kier molecular flexibility index (Phi) is 2.74. The van der Waals surface area contributed by atoms with Crippen molar-refractivity contribution < 1.29 is 10.2 Å². The number of phenolic OH excluding ortho intramolecular Hbond substituents is 1. The number of aliphatic hydroxyl groups is 1. The summed E-state index contributed by atoms with van der Waals surface area (Å²) in [5.41, 5.74) is 0.0829. The van der Waals surface area contributed by atoms with Crippen molar-refractivity contribution in [3.63, 3.8) is 0 Å². The van der Waals surface area contributed by atoms with Gasteiger partial charge in [-0.05, 0) is 12.1 Å². The molecular weight excluding hydrogens is 210 g/mol. The molecule has 0 unspecified atom stereocenters. The monoisotopic (exact) mass is 221 g/mol. The second kappa shape index (κ2) is 4.19. The van der Waals surface area contributed by atoms with E-state index in [4.69, 9.17) is 5.11 Å². The molecule has 2 rings (SSSR count). The predicted octanol–water partition coefficient (Wildman–Crippen LogP) is -0.199. The molecule has 2 aromatic rings. The van der Waals surface area contributed by atoms with Gasteiger partial charge in [0.1, 0.15) is 11.6 Å². The number of aliphatic hydroxyl groups excluding tert-OH is 1. The van der Waals surface area contributed by atoms with E-state index in [0.717, 1.165) is 4.68 Å². The molecule has 0 spiro atoms. The number of hydrogen-bond donors (Lipinski definition) is 3. The fraction of sp³-hybridized carbons (Fsp3) is 0.200. The Morgan fingerprint density at radius 2 is 2.25 bits per heavy atom. The van der Waals surface area contributed by atoms with Crippen molar-refractivity contribution in [3.05, 3.63) is 40.6 Å². The Morgan fingerprint density at radius 3 is 2.94 bits per heavy atom. The molecule has 0 radical (unpaired) electrons. The van der Waals surface area contributed by atoms with E-state index in [1.165, 1.54) is 12.1 Å². The molecule has 0 amide bonds. The summed E-state index contributed by atoms with van der Waals surface area (Å²) in [6.07, 6.45) is 0.293. The van der Waals surface area contributed by atoms with Gasteiger partial charge in [0.25, 0.3) is 0 Å². The lowest BCUT2D eigenvalue weighted by molar-refractivity contribution is 0.296. The van der Waals surface area contributed by atoms with Crippen molar-refractivity contribution >= 4 is 0 Å². The van der Waals surface area contributed by atoms with Crippen LogP contribution < -0.4 is 5.69 Å². The number of nitrogens with zero attached hydrogens (tertiary/aromatic N) is 2. The largest absolute Gasteiger partial charge is 0.508 e. The van der Waals surface area contributed by atoms with Crippen LogP contribution >= 0.6 is 0 Å². The Labute approximate surface area is 90.8 Å². The number of aromatic amines is 1. The number of benzene rings is 1. The summed E-state index contributed by atoms with van der Waals surface area (Å²) in [6.45, 7) is -0.0764. The predicted molar refractivity (Wildman–Crippen MR) is 56.6 cm³/mol. The maximum atomic E-state index is 11.5. The molecule has 1 heterocycles. The molecule has 16 heavy (non-hydrogen) atoms. The van der Waals surface area contributed by atoms with Crippen LogP contribution in [0.25, 0.3) is 5.69 Å². The molecule has 6 heteroatoms. The van der Waals surface area contributed by atoms with Gasteiger partial charge in [-0.15, -0.1) is 0 Å². The molecule has 0 saturated carbocycles. The van der Waals surface area contributed by atoms with E-state index >= 15 is 0 Å². The third-order valence-corrected chi connectivity index (χ3v) is 2.09. The van der Waals surface area contributed by atoms with E-state index in [2.05, 4.69) is 10.1 Å². The summed E-state index contributed by atoms with van der Waals surface area (Å²) in [5.74, 6) is 0.479. The van der Waals surface area contributed by atoms with Crippen molar-refractivity contribution in [1.29, 1.82) is 0 Å². The quantitative estimate of drug-likeness (QED) is 0.669. The highest BCUT2D eigenvalue weighted by molar-refractivity contribution is 5.37. The fourth-order valence-corrected chi connectivity index (χ4v) is 1.39. The zero-order valence-corrected chi connectivity index (χ0v) is 8.42. The van der Waals surface area contributed by atoms with Crippen LogP contribution in [0.1, 0.15) is 5.82 Å². The zero-order chi connectivity index (χ0) is 11.5. The second-order valence-corrected chi connectivity index (χ2v) is 3.28. The maximum absolute atomic E-state index is 11.5. The van der Waals surface area contributed by atoms with Gasteiger partial charge in [0.05, 0.1) is 12.3 Å². The van der Waals surface area contributed by atoms with E-state index in [9.17, 15) is 9.90 Å². The summed E-state index contributed by atoms with van der Waals surface area (Å²) in [6, 6.07) is 6.23. The Morgan fingerprint density at radius 1 is 1.44 bits per heavy atom. The number of phenols is 1. The standard InChI is InChI=1S/C10H11N3O3/c14-5-4-9-11-10(16)13(12-9)7-2-1-3-8(15)6-7/h1-3,6,14-15H,4-5H2,(H,11,12,16). The maximum Gasteiger partial charge on any atom is 0.348 e. The smallest absolute Gasteiger partial charge is 0.348 e. The average molecular weight is 221 g/mol. The van der Waals surface area contributed by atoms with E-state index < -0.39 is 5.69 Å². The number of nitrogens with one attached hydrogen (secondary N) is 1. The molecule has 0 atom stereocenters. The first-order chi connectivity index (χ1) is 7.70. The molecular formula is C10H11N3O3. The lowest BCUT2D eigenvalue weighted by Crippen LogP contribution is -2.15. The second-order valence-electron chi connectivity index (χ2n) is 3.28. The van der Waals surface area contributed by atoms with Crippen molar-refractivity contribution in [3.8, 4) is 11.4 Å². The van der Waals surface area contributed by atoms with Crippen LogP contribution in [0, 0.1) is 0 Å². The van der Waals surface area contributed by atoms with Gasteiger partial charge in [-0.1, -0.05) is 6.07 Å². The Bertz CT molecular complexity index is 544. The molecule has 1 aromatic heterocycles. The van der Waals surface area contributed by atoms with Crippen LogP contribution in [0.5, 0.6) is 5.75 Å². The van der Waals surface area contributed by atoms with E-state index in [1.807, 2.05) is 0 Å². The van der Waals surface area contributed by atoms with E-state index in [1.54, 1.807) is 12.1 Å². The van der Waals surface area contributed by atoms with Gasteiger partial charge in [-0.2, -0.15) is 9.78 Å². The number of rotatable bonds is 3. The molecule has 84 valence electrons. The topological polar surface area (TPSA) is 91.1 Å². The summed E-state index contributed by atoms with van der Waals surface area (Å²) in [7, 11) is 0. The first-order valence-corrected chi connectivity index (χ1v) is 4.79. The summed E-state index contributed by atoms with van der Waals surface area (Å²) in [4.78, 5) is 14.0. The highest BCUT2D eigenvalue weighted by atomic mass is 16.3. The fourth-order valence-electron chi connectivity index (χ4n) is 1.39. The van der Waals surface area contributed by atoms with Crippen LogP contribution in [-0.2, 0) is 6.42 Å². The molecule has 0 bridgehead atoms. The molecule has 0 saturated heterocycles. The normalized spacial score (nSPS) is 10.6. The third kappa shape index (κ3) is 1.96. The van der Waals surface area contributed by atoms with Gasteiger partial charge in [0, 0.05) is 12.5 Å². The van der Waals surface area contributed by atoms with E-state index in [-0.39, 0.29) is 12.4 Å². The van der Waals surface area contributed by atoms with Gasteiger partial charge in [-0.3, -0.25) is 4.98 Å². The number of aromatic hydroxyl groups is 1. The summed E-state index contributed by atoms with van der Waals surface area (Å²) >= 11 is 0. The van der Waals surface area contributed by atoms with Crippen LogP contribution in [0.15, 0.2) is 29.1 Å². The van der Waals surface area contributed by atoms with Crippen molar-refractivity contribution in [2.45, 2.75) is 6.42 Å². The Hall–Kier alpha value is -2.08. The minimum absolute atomic E-state index is 0.0658. The van der Waals surface area contributed by atoms with Gasteiger partial charge >= 0.3 is 5.69 Å². The van der Waals surface area contributed by atoms with E-state index in [0.29, 0.717) is 17.9 Å². The molecule has 3 N–H and O–H groups in total. The van der Waals surface area contributed by atoms with Crippen molar-refractivity contribution in [2.24, 2.45) is 0 Å². The number of H-pyrrole nitrogens is 1. The summed E-state index contributed by atoms with van der Waals surface area (Å²) < 4.78 is 1.14. The van der Waals surface area contributed by atoms with Gasteiger partial charge in [0.2, 0.25) is 0 Å². The highest BCUT2D eigenvalue weighted by Gasteiger charge is 2.06. The highest BCUT2D eigenvalue weighted by Crippen LogP contribution is 2.12. The minimum Gasteiger partial charge on any atom is -0.508 e. The molecule has 6 nitrogen and oxygen atoms in total. The van der Waals surface area contributed by atoms with Crippen LogP contribution in [0.3, 0.4) is 0 Å². The minimum atomic E-state index is -0.394. The number of hydrogen-bond acceptors (Lipinski definition) is 4. The molecule has 0 aliphatic rings. The third-order valence-electron chi connectivity index (χ3n) is 2.09. The SMILES string of the molecule is O=c1[nH]c(CCO)nn1-c1cccc(O)c1. The molecule has 0 fully saturated rings. The Balaban J connectivity index is 2.44. The lowest BCUT2D eigenvalue weighted by Gasteiger charge is -1.99. The first kappa shape index (κ1) is 10.4. The van der Waals surface area contributed by atoms with Gasteiger partial charge in [0.15, 0.2) is 0 Å². The molecule has 1 aromatic carbocycles. The van der Waals surface area contributed by atoms with Gasteiger partial charge in [-0.25, -0.2) is 4.79 Å². The van der Waals surface area contributed by atoms with Crippen LogP contribution in [0.2, 0.25) is 0 Å². The molecule has 0 aliphatic carbocycles. The van der Waals surface area contributed by atoms with Crippen molar-refractivity contribution in [1.82, 2.24) is 14.8 Å². The summed E-state index contributed by atoms with van der Waals surface area (Å²) in [5, 5.41) is 22.0. The first-order valence-electron chi connectivity index (χ1n) is 4.79. The zero-order valence-electron chi connectivity index (χ0n) is 8.42. The molecule has 0 aliphatic heterocycles. The van der Waals surface area contributed by atoms with Crippen LogP contribution in [-0.4, -0.2) is 31.6 Å². The van der Waals surface area contributed by atoms with Crippen LogP contribution in [0.4, 0.5) is 0 Å². The number of aromatic nitrogens is 3. The average Bonchev–Trinajstić information content (AvgIpc) is 2.60.